The number of hydrogen-bond acceptors (Lipinski definition) is 3. The number of rotatable bonds is 5. The fourth-order valence-corrected chi connectivity index (χ4v) is 3.20. The van der Waals surface area contributed by atoms with E-state index in [-0.39, 0.29) is 36.9 Å². The second-order valence-corrected chi connectivity index (χ2v) is 6.13. The molecule has 1 atom stereocenters. The fourth-order valence-electron chi connectivity index (χ4n) is 3.20. The molecule has 1 unspecified atom stereocenters. The van der Waals surface area contributed by atoms with Gasteiger partial charge in [-0.2, -0.15) is 0 Å². The van der Waals surface area contributed by atoms with Gasteiger partial charge in [-0.15, -0.1) is 0 Å². The largest absolute Gasteiger partial charge is 0.395 e. The molecule has 2 amide bonds. The lowest BCUT2D eigenvalue weighted by atomic mass is 9.93. The van der Waals surface area contributed by atoms with Gasteiger partial charge < -0.3 is 14.9 Å². The topological polar surface area (TPSA) is 60.9 Å². The SMILES string of the molecule is CC(=O)N1C=Cc2ccccc2C1CC(=O)N(CCO)C1CC1. The highest BCUT2D eigenvalue weighted by Crippen LogP contribution is 2.35. The monoisotopic (exact) mass is 314 g/mol. The van der Waals surface area contributed by atoms with Crippen molar-refractivity contribution in [3.05, 3.63) is 41.6 Å². The number of amides is 2. The minimum Gasteiger partial charge on any atom is -0.395 e. The van der Waals surface area contributed by atoms with Crippen LogP contribution in [-0.4, -0.2) is 45.9 Å². The van der Waals surface area contributed by atoms with Crippen LogP contribution in [0.5, 0.6) is 0 Å². The van der Waals surface area contributed by atoms with Crippen molar-refractivity contribution in [1.82, 2.24) is 9.80 Å². The van der Waals surface area contributed by atoms with E-state index < -0.39 is 0 Å². The van der Waals surface area contributed by atoms with Crippen molar-refractivity contribution in [1.29, 1.82) is 0 Å². The second kappa shape index (κ2) is 6.54. The Bertz CT molecular complexity index is 637. The summed E-state index contributed by atoms with van der Waals surface area (Å²) in [7, 11) is 0. The van der Waals surface area contributed by atoms with E-state index in [2.05, 4.69) is 0 Å². The van der Waals surface area contributed by atoms with Crippen molar-refractivity contribution in [2.75, 3.05) is 13.2 Å². The maximum Gasteiger partial charge on any atom is 0.225 e. The molecular formula is C18H22N2O3. The van der Waals surface area contributed by atoms with Gasteiger partial charge in [-0.1, -0.05) is 24.3 Å². The van der Waals surface area contributed by atoms with E-state index >= 15 is 0 Å². The number of nitrogens with zero attached hydrogens (tertiary/aromatic N) is 2. The molecule has 122 valence electrons. The van der Waals surface area contributed by atoms with E-state index in [1.165, 1.54) is 6.92 Å². The van der Waals surface area contributed by atoms with Crippen molar-refractivity contribution in [3.63, 3.8) is 0 Å². The average molecular weight is 314 g/mol. The summed E-state index contributed by atoms with van der Waals surface area (Å²) in [5.41, 5.74) is 2.04. The molecule has 1 aliphatic carbocycles. The minimum absolute atomic E-state index is 0.00269. The number of carbonyl (C=O) groups is 2. The van der Waals surface area contributed by atoms with Crippen LogP contribution in [0.3, 0.4) is 0 Å². The van der Waals surface area contributed by atoms with Gasteiger partial charge in [-0.25, -0.2) is 0 Å². The van der Waals surface area contributed by atoms with Crippen molar-refractivity contribution < 1.29 is 14.7 Å². The molecule has 0 radical (unpaired) electrons. The quantitative estimate of drug-likeness (QED) is 0.903. The molecule has 0 bridgehead atoms. The maximum absolute atomic E-state index is 12.7. The third kappa shape index (κ3) is 3.29. The van der Waals surface area contributed by atoms with Gasteiger partial charge in [-0.05, 0) is 30.0 Å². The van der Waals surface area contributed by atoms with E-state index in [4.69, 9.17) is 0 Å². The summed E-state index contributed by atoms with van der Waals surface area (Å²) in [5.74, 6) is -0.0726. The molecule has 1 heterocycles. The molecular weight excluding hydrogens is 292 g/mol. The first-order valence-corrected chi connectivity index (χ1v) is 8.08. The first-order chi connectivity index (χ1) is 11.1. The van der Waals surface area contributed by atoms with Crippen molar-refractivity contribution in [3.8, 4) is 0 Å². The third-order valence-electron chi connectivity index (χ3n) is 4.49. The maximum atomic E-state index is 12.7. The molecule has 1 aromatic rings. The van der Waals surface area contributed by atoms with Crippen molar-refractivity contribution >= 4 is 17.9 Å². The Hall–Kier alpha value is -2.14. The fraction of sp³-hybridized carbons (Fsp3) is 0.444. The first kappa shape index (κ1) is 15.7. The van der Waals surface area contributed by atoms with Crippen LogP contribution in [0.2, 0.25) is 0 Å². The smallest absolute Gasteiger partial charge is 0.225 e. The lowest BCUT2D eigenvalue weighted by Crippen LogP contribution is -2.39. The van der Waals surface area contributed by atoms with E-state index in [0.717, 1.165) is 24.0 Å². The summed E-state index contributed by atoms with van der Waals surface area (Å²) >= 11 is 0. The Balaban J connectivity index is 1.84. The predicted molar refractivity (Wildman–Crippen MR) is 87.2 cm³/mol. The van der Waals surface area contributed by atoms with E-state index in [0.29, 0.717) is 6.54 Å². The van der Waals surface area contributed by atoms with Crippen molar-refractivity contribution in [2.45, 2.75) is 38.3 Å². The lowest BCUT2D eigenvalue weighted by molar-refractivity contribution is -0.135. The van der Waals surface area contributed by atoms with Crippen LogP contribution in [0.1, 0.15) is 43.4 Å². The van der Waals surface area contributed by atoms with Crippen molar-refractivity contribution in [2.24, 2.45) is 0 Å². The molecule has 0 aromatic heterocycles. The molecule has 1 aromatic carbocycles. The van der Waals surface area contributed by atoms with Crippen LogP contribution >= 0.6 is 0 Å². The van der Waals surface area contributed by atoms with Crippen LogP contribution in [0.4, 0.5) is 0 Å². The van der Waals surface area contributed by atoms with Gasteiger partial charge >= 0.3 is 0 Å². The number of aliphatic hydroxyl groups is 1. The van der Waals surface area contributed by atoms with Gasteiger partial charge in [0.15, 0.2) is 0 Å². The Morgan fingerprint density at radius 2 is 2.04 bits per heavy atom. The molecule has 1 fully saturated rings. The van der Waals surface area contributed by atoms with Gasteiger partial charge in [-0.3, -0.25) is 9.59 Å². The zero-order valence-electron chi connectivity index (χ0n) is 13.3. The summed E-state index contributed by atoms with van der Waals surface area (Å²) in [6, 6.07) is 7.83. The second-order valence-electron chi connectivity index (χ2n) is 6.13. The van der Waals surface area contributed by atoms with E-state index in [1.54, 1.807) is 16.0 Å². The highest BCUT2D eigenvalue weighted by atomic mass is 16.3. The van der Waals surface area contributed by atoms with Crippen LogP contribution < -0.4 is 0 Å². The zero-order valence-corrected chi connectivity index (χ0v) is 13.3. The molecule has 1 aliphatic heterocycles. The number of hydrogen-bond donors (Lipinski definition) is 1. The van der Waals surface area contributed by atoms with Gasteiger partial charge in [0.1, 0.15) is 0 Å². The van der Waals surface area contributed by atoms with Crippen LogP contribution in [0.15, 0.2) is 30.5 Å². The molecule has 3 rings (SSSR count). The Morgan fingerprint density at radius 3 is 2.70 bits per heavy atom. The molecule has 1 saturated carbocycles. The average Bonchev–Trinajstić information content (AvgIpc) is 3.37. The molecule has 5 heteroatoms. The summed E-state index contributed by atoms with van der Waals surface area (Å²) in [4.78, 5) is 28.1. The number of fused-ring (bicyclic) bond motifs is 1. The van der Waals surface area contributed by atoms with Crippen LogP contribution in [0.25, 0.3) is 6.08 Å². The minimum atomic E-state index is -0.277. The Labute approximate surface area is 136 Å². The Kier molecular flexibility index (Phi) is 4.48. The van der Waals surface area contributed by atoms with E-state index in [9.17, 15) is 14.7 Å². The standard InChI is InChI=1S/C18H22N2O3/c1-13(22)19-9-8-14-4-2-3-5-16(14)17(19)12-18(23)20(10-11-21)15-6-7-15/h2-5,8-9,15,17,21H,6-7,10-12H2,1H3. The van der Waals surface area contributed by atoms with Crippen LogP contribution in [-0.2, 0) is 9.59 Å². The number of aliphatic hydroxyl groups excluding tert-OH is 1. The summed E-state index contributed by atoms with van der Waals surface area (Å²) < 4.78 is 0. The normalized spacial score (nSPS) is 19.4. The Morgan fingerprint density at radius 1 is 1.30 bits per heavy atom. The predicted octanol–water partition coefficient (Wildman–Crippen LogP) is 1.93. The molecule has 23 heavy (non-hydrogen) atoms. The lowest BCUT2D eigenvalue weighted by Gasteiger charge is -2.34. The van der Waals surface area contributed by atoms with Crippen LogP contribution in [0, 0.1) is 0 Å². The highest BCUT2D eigenvalue weighted by Gasteiger charge is 2.35. The summed E-state index contributed by atoms with van der Waals surface area (Å²) in [6.07, 6.45) is 5.92. The number of carbonyl (C=O) groups excluding carboxylic acids is 2. The molecule has 2 aliphatic rings. The molecule has 0 spiro atoms. The molecule has 1 N–H and O–H groups in total. The van der Waals surface area contributed by atoms with Gasteiger partial charge in [0.05, 0.1) is 19.1 Å². The molecule has 5 nitrogen and oxygen atoms in total. The molecule has 0 saturated heterocycles. The first-order valence-electron chi connectivity index (χ1n) is 8.08. The van der Waals surface area contributed by atoms with Gasteiger partial charge in [0.25, 0.3) is 0 Å². The van der Waals surface area contributed by atoms with Gasteiger partial charge in [0.2, 0.25) is 11.8 Å². The zero-order chi connectivity index (χ0) is 16.4. The summed E-state index contributed by atoms with van der Waals surface area (Å²) in [6.45, 7) is 1.86. The highest BCUT2D eigenvalue weighted by molar-refractivity contribution is 5.82. The number of benzene rings is 1. The van der Waals surface area contributed by atoms with Gasteiger partial charge in [0, 0.05) is 25.7 Å². The third-order valence-corrected chi connectivity index (χ3v) is 4.49. The summed E-state index contributed by atoms with van der Waals surface area (Å²) in [5, 5.41) is 9.20. The van der Waals surface area contributed by atoms with E-state index in [1.807, 2.05) is 30.3 Å².